The number of carbonyl (C=O) groups is 2. The molecule has 2 aromatic carbocycles. The van der Waals surface area contributed by atoms with Crippen LogP contribution in [0.2, 0.25) is 0 Å². The van der Waals surface area contributed by atoms with Gasteiger partial charge in [-0.25, -0.2) is 0 Å². The Balaban J connectivity index is 2.56. The van der Waals surface area contributed by atoms with Crippen LogP contribution >= 0.6 is 0 Å². The van der Waals surface area contributed by atoms with Crippen molar-refractivity contribution in [1.82, 2.24) is 9.80 Å². The minimum absolute atomic E-state index is 0.137. The van der Waals surface area contributed by atoms with E-state index in [1.165, 1.54) is 0 Å². The molecule has 0 heterocycles. The lowest BCUT2D eigenvalue weighted by atomic mass is 9.94. The van der Waals surface area contributed by atoms with Gasteiger partial charge < -0.3 is 9.80 Å². The molecule has 0 spiro atoms. The van der Waals surface area contributed by atoms with Gasteiger partial charge >= 0.3 is 0 Å². The van der Waals surface area contributed by atoms with Gasteiger partial charge in [-0.15, -0.1) is 26.3 Å². The highest BCUT2D eigenvalue weighted by molar-refractivity contribution is 6.06. The average molecular weight is 401 g/mol. The molecule has 0 unspecified atom stereocenters. The van der Waals surface area contributed by atoms with Crippen LogP contribution in [-0.4, -0.2) is 47.8 Å². The van der Waals surface area contributed by atoms with Crippen LogP contribution in [0, 0.1) is 0 Å². The van der Waals surface area contributed by atoms with E-state index in [1.54, 1.807) is 46.2 Å². The molecule has 154 valence electrons. The fraction of sp³-hybridized carbons (Fsp3) is 0.154. The summed E-state index contributed by atoms with van der Waals surface area (Å²) in [4.78, 5) is 29.8. The van der Waals surface area contributed by atoms with E-state index in [0.29, 0.717) is 48.4 Å². The van der Waals surface area contributed by atoms with Crippen LogP contribution in [0.5, 0.6) is 0 Å². The average Bonchev–Trinajstić information content (AvgIpc) is 2.78. The molecular weight excluding hydrogens is 372 g/mol. The highest BCUT2D eigenvalue weighted by atomic mass is 16.2. The molecule has 0 saturated carbocycles. The molecule has 2 amide bonds. The normalized spacial score (nSPS) is 10.0. The third kappa shape index (κ3) is 5.23. The van der Waals surface area contributed by atoms with E-state index < -0.39 is 0 Å². The molecule has 2 rings (SSSR count). The molecule has 4 heteroatoms. The molecule has 0 aliphatic carbocycles. The smallest absolute Gasteiger partial charge is 0.255 e. The molecule has 0 bridgehead atoms. The van der Waals surface area contributed by atoms with E-state index in [9.17, 15) is 9.59 Å². The van der Waals surface area contributed by atoms with Gasteiger partial charge in [-0.1, -0.05) is 60.7 Å². The largest absolute Gasteiger partial charge is 0.331 e. The van der Waals surface area contributed by atoms with Gasteiger partial charge in [-0.3, -0.25) is 9.59 Å². The highest BCUT2D eigenvalue weighted by Crippen LogP contribution is 2.29. The van der Waals surface area contributed by atoms with Crippen molar-refractivity contribution in [2.75, 3.05) is 26.2 Å². The van der Waals surface area contributed by atoms with Gasteiger partial charge in [0.05, 0.1) is 0 Å². The van der Waals surface area contributed by atoms with E-state index in [1.807, 2.05) is 36.4 Å². The third-order valence-corrected chi connectivity index (χ3v) is 4.58. The van der Waals surface area contributed by atoms with Crippen molar-refractivity contribution in [3.63, 3.8) is 0 Å². The van der Waals surface area contributed by atoms with Crippen LogP contribution in [0.4, 0.5) is 0 Å². The maximum atomic E-state index is 13.2. The molecule has 0 atom stereocenters. The van der Waals surface area contributed by atoms with Crippen LogP contribution in [0.1, 0.15) is 20.7 Å². The van der Waals surface area contributed by atoms with Gasteiger partial charge in [-0.05, 0) is 23.3 Å². The zero-order valence-electron chi connectivity index (χ0n) is 17.3. The van der Waals surface area contributed by atoms with Gasteiger partial charge in [0, 0.05) is 37.3 Å². The van der Waals surface area contributed by atoms with E-state index in [0.717, 1.165) is 0 Å². The maximum Gasteiger partial charge on any atom is 0.255 e. The standard InChI is InChI=1S/C26H28N2O2/c1-5-17-27(18-6-2)25(29)23-15-11-9-13-21(23)22-14-10-12-16-24(22)26(30)28(19-7-3)20-8-4/h5-16H,1-4,17-20H2. The number of hydrogen-bond donors (Lipinski definition) is 0. The van der Waals surface area contributed by atoms with Crippen molar-refractivity contribution in [2.24, 2.45) is 0 Å². The molecule has 0 N–H and O–H groups in total. The second-order valence-corrected chi connectivity index (χ2v) is 6.67. The molecule has 0 saturated heterocycles. The molecule has 4 nitrogen and oxygen atoms in total. The Morgan fingerprint density at radius 1 is 0.600 bits per heavy atom. The lowest BCUT2D eigenvalue weighted by Gasteiger charge is -2.23. The zero-order valence-corrected chi connectivity index (χ0v) is 17.3. The Labute approximate surface area is 179 Å². The molecule has 0 aliphatic heterocycles. The zero-order chi connectivity index (χ0) is 21.9. The molecule has 0 aliphatic rings. The maximum absolute atomic E-state index is 13.2. The van der Waals surface area contributed by atoms with Crippen molar-refractivity contribution < 1.29 is 9.59 Å². The summed E-state index contributed by atoms with van der Waals surface area (Å²) in [5, 5.41) is 0. The lowest BCUT2D eigenvalue weighted by Crippen LogP contribution is -2.32. The summed E-state index contributed by atoms with van der Waals surface area (Å²) >= 11 is 0. The van der Waals surface area contributed by atoms with Crippen molar-refractivity contribution in [3.8, 4) is 11.1 Å². The fourth-order valence-corrected chi connectivity index (χ4v) is 3.25. The van der Waals surface area contributed by atoms with E-state index in [2.05, 4.69) is 26.3 Å². The van der Waals surface area contributed by atoms with Gasteiger partial charge in [0.2, 0.25) is 0 Å². The van der Waals surface area contributed by atoms with Crippen molar-refractivity contribution in [3.05, 3.63) is 110 Å². The van der Waals surface area contributed by atoms with Crippen LogP contribution in [0.25, 0.3) is 11.1 Å². The minimum Gasteiger partial charge on any atom is -0.331 e. The van der Waals surface area contributed by atoms with Crippen molar-refractivity contribution >= 4 is 11.8 Å². The summed E-state index contributed by atoms with van der Waals surface area (Å²) in [5.41, 5.74) is 2.48. The molecule has 0 fully saturated rings. The van der Waals surface area contributed by atoms with Gasteiger partial charge in [0.15, 0.2) is 0 Å². The first-order chi connectivity index (χ1) is 14.6. The Bertz CT molecular complexity index is 848. The first-order valence-corrected chi connectivity index (χ1v) is 9.79. The molecule has 2 aromatic rings. The Morgan fingerprint density at radius 3 is 1.20 bits per heavy atom. The van der Waals surface area contributed by atoms with E-state index in [4.69, 9.17) is 0 Å². The minimum atomic E-state index is -0.137. The van der Waals surface area contributed by atoms with Gasteiger partial charge in [0.25, 0.3) is 11.8 Å². The summed E-state index contributed by atoms with van der Waals surface area (Å²) in [6.07, 6.45) is 6.74. The Kier molecular flexibility index (Phi) is 8.57. The number of benzene rings is 2. The van der Waals surface area contributed by atoms with Crippen molar-refractivity contribution in [1.29, 1.82) is 0 Å². The second kappa shape index (κ2) is 11.4. The number of rotatable bonds is 11. The molecule has 30 heavy (non-hydrogen) atoms. The lowest BCUT2D eigenvalue weighted by molar-refractivity contribution is 0.0782. The summed E-state index contributed by atoms with van der Waals surface area (Å²) in [6.45, 7) is 16.6. The molecular formula is C26H28N2O2. The third-order valence-electron chi connectivity index (χ3n) is 4.58. The number of nitrogens with zero attached hydrogens (tertiary/aromatic N) is 2. The van der Waals surface area contributed by atoms with Crippen molar-refractivity contribution in [2.45, 2.75) is 0 Å². The monoisotopic (exact) mass is 400 g/mol. The van der Waals surface area contributed by atoms with Crippen LogP contribution in [0.15, 0.2) is 99.2 Å². The van der Waals surface area contributed by atoms with Crippen LogP contribution < -0.4 is 0 Å². The number of hydrogen-bond acceptors (Lipinski definition) is 2. The number of carbonyl (C=O) groups excluding carboxylic acids is 2. The predicted molar refractivity (Wildman–Crippen MR) is 124 cm³/mol. The first kappa shape index (κ1) is 22.6. The van der Waals surface area contributed by atoms with Gasteiger partial charge in [-0.2, -0.15) is 0 Å². The quantitative estimate of drug-likeness (QED) is 0.499. The summed E-state index contributed by atoms with van der Waals surface area (Å²) in [5.74, 6) is -0.275. The van der Waals surface area contributed by atoms with Gasteiger partial charge in [0.1, 0.15) is 0 Å². The summed E-state index contributed by atoms with van der Waals surface area (Å²) in [6, 6.07) is 14.7. The Morgan fingerprint density at radius 2 is 0.900 bits per heavy atom. The summed E-state index contributed by atoms with van der Waals surface area (Å²) < 4.78 is 0. The number of amides is 2. The molecule has 0 aromatic heterocycles. The fourth-order valence-electron chi connectivity index (χ4n) is 3.25. The van der Waals surface area contributed by atoms with Crippen LogP contribution in [-0.2, 0) is 0 Å². The van der Waals surface area contributed by atoms with E-state index >= 15 is 0 Å². The second-order valence-electron chi connectivity index (χ2n) is 6.67. The topological polar surface area (TPSA) is 40.6 Å². The van der Waals surface area contributed by atoms with E-state index in [-0.39, 0.29) is 11.8 Å². The summed E-state index contributed by atoms with van der Waals surface area (Å²) in [7, 11) is 0. The molecule has 0 radical (unpaired) electrons. The predicted octanol–water partition coefficient (Wildman–Crippen LogP) is 4.98. The highest BCUT2D eigenvalue weighted by Gasteiger charge is 2.22. The Hall–Kier alpha value is -3.66. The first-order valence-electron chi connectivity index (χ1n) is 9.79. The SMILES string of the molecule is C=CCN(CC=C)C(=O)c1ccccc1-c1ccccc1C(=O)N(CC=C)CC=C. The van der Waals surface area contributed by atoms with Crippen LogP contribution in [0.3, 0.4) is 0 Å².